The third-order valence-corrected chi connectivity index (χ3v) is 12.7. The van der Waals surface area contributed by atoms with Crippen LogP contribution in [0.15, 0.2) is 0 Å². The molecule has 0 aromatic heterocycles. The van der Waals surface area contributed by atoms with Gasteiger partial charge >= 0.3 is 0 Å². The van der Waals surface area contributed by atoms with Gasteiger partial charge in [0.05, 0.1) is 0 Å². The summed E-state index contributed by atoms with van der Waals surface area (Å²) in [5, 5.41) is 3.89. The van der Waals surface area contributed by atoms with Crippen LogP contribution >= 0.6 is 0 Å². The van der Waals surface area contributed by atoms with Crippen molar-refractivity contribution < 1.29 is 0 Å². The first kappa shape index (κ1) is 17.2. The van der Waals surface area contributed by atoms with Crippen LogP contribution in [0, 0.1) is 0 Å². The minimum absolute atomic E-state index is 0.910. The molecule has 8 atom stereocenters. The molecule has 0 saturated heterocycles. The fourth-order valence-electron chi connectivity index (χ4n) is 11.8. The SMILES string of the molecule is C1CC2CCC3CC4CCC5CCC6CCC7CC8CCC1c1c2c3c2c4c5c6c7c2c18. The third kappa shape index (κ3) is 1.73. The van der Waals surface area contributed by atoms with Gasteiger partial charge in [-0.15, -0.1) is 0 Å². The summed E-state index contributed by atoms with van der Waals surface area (Å²) >= 11 is 0. The second-order valence-electron chi connectivity index (χ2n) is 13.6. The average molecular weight is 421 g/mol. The van der Waals surface area contributed by atoms with Crippen molar-refractivity contribution in [3.63, 3.8) is 0 Å². The van der Waals surface area contributed by atoms with Gasteiger partial charge in [0.25, 0.3) is 0 Å². The topological polar surface area (TPSA) is 0 Å². The van der Waals surface area contributed by atoms with Crippen molar-refractivity contribution in [2.75, 3.05) is 0 Å². The van der Waals surface area contributed by atoms with Gasteiger partial charge in [-0.3, -0.25) is 0 Å². The normalized spacial score (nSPS) is 43.1. The highest BCUT2D eigenvalue weighted by atomic mass is 14.5. The Morgan fingerprint density at radius 1 is 0.250 bits per heavy atom. The van der Waals surface area contributed by atoms with Crippen molar-refractivity contribution in [3.8, 4) is 0 Å². The zero-order chi connectivity index (χ0) is 20.3. The lowest BCUT2D eigenvalue weighted by atomic mass is 9.50. The van der Waals surface area contributed by atoms with Gasteiger partial charge in [-0.25, -0.2) is 0 Å². The van der Waals surface area contributed by atoms with Crippen LogP contribution < -0.4 is 0 Å². The third-order valence-electron chi connectivity index (χ3n) is 12.7. The second-order valence-corrected chi connectivity index (χ2v) is 13.6. The van der Waals surface area contributed by atoms with Crippen molar-refractivity contribution in [3.05, 3.63) is 44.5 Å². The van der Waals surface area contributed by atoms with Gasteiger partial charge in [0.15, 0.2) is 0 Å². The van der Waals surface area contributed by atoms with Crippen LogP contribution in [0.1, 0.15) is 182 Å². The molecule has 0 heteroatoms. The molecule has 0 spiro atoms. The van der Waals surface area contributed by atoms with Crippen LogP contribution in [0.2, 0.25) is 0 Å². The minimum atomic E-state index is 0.910. The molecule has 164 valence electrons. The van der Waals surface area contributed by atoms with Gasteiger partial charge in [-0.05, 0) is 193 Å². The molecule has 0 nitrogen and oxygen atoms in total. The molecule has 8 unspecified atom stereocenters. The maximum absolute atomic E-state index is 2.00. The molecule has 0 bridgehead atoms. The summed E-state index contributed by atoms with van der Waals surface area (Å²) in [5.74, 6) is 7.34. The maximum Gasteiger partial charge on any atom is -0.0102 e. The Morgan fingerprint density at radius 2 is 0.469 bits per heavy atom. The van der Waals surface area contributed by atoms with E-state index in [1.54, 1.807) is 0 Å². The Labute approximate surface area is 192 Å². The van der Waals surface area contributed by atoms with Crippen LogP contribution in [-0.4, -0.2) is 0 Å². The Bertz CT molecular complexity index is 1060. The van der Waals surface area contributed by atoms with Crippen molar-refractivity contribution in [1.82, 2.24) is 0 Å². The van der Waals surface area contributed by atoms with Crippen molar-refractivity contribution in [2.45, 2.75) is 137 Å². The summed E-state index contributed by atoms with van der Waals surface area (Å²) in [4.78, 5) is 0. The van der Waals surface area contributed by atoms with Gasteiger partial charge < -0.3 is 0 Å². The average Bonchev–Trinajstić information content (AvgIpc) is 2.85. The van der Waals surface area contributed by atoms with Gasteiger partial charge in [0.2, 0.25) is 0 Å². The molecular weight excluding hydrogens is 384 g/mol. The predicted molar refractivity (Wildman–Crippen MR) is 131 cm³/mol. The van der Waals surface area contributed by atoms with Crippen LogP contribution in [0.5, 0.6) is 0 Å². The highest BCUT2D eigenvalue weighted by Crippen LogP contribution is 2.69. The van der Waals surface area contributed by atoms with E-state index in [0.717, 1.165) is 47.3 Å². The lowest BCUT2D eigenvalue weighted by Gasteiger charge is -2.54. The van der Waals surface area contributed by atoms with Crippen molar-refractivity contribution >= 4 is 10.8 Å². The van der Waals surface area contributed by atoms with E-state index in [1.165, 1.54) is 89.9 Å². The standard InChI is InChI=1S/C32H36/c1-2-16-6-10-20-14-22-12-8-18-4-3-17-7-11-21-13-19-9-5-15(1)23-24(16)28(20)32-30(22)26(18)25(17)29(21)31(32)27(19)23/h15-22H,1-14H2. The first-order chi connectivity index (χ1) is 15.9. The molecule has 8 aliphatic carbocycles. The Kier molecular flexibility index (Phi) is 2.95. The minimum Gasteiger partial charge on any atom is -0.0458 e. The first-order valence-electron chi connectivity index (χ1n) is 14.6. The zero-order valence-corrected chi connectivity index (χ0v) is 19.5. The zero-order valence-electron chi connectivity index (χ0n) is 19.5. The smallest absolute Gasteiger partial charge is 0.0102 e. The summed E-state index contributed by atoms with van der Waals surface area (Å²) in [5.41, 5.74) is 15.9. The fraction of sp³-hybridized carbons (Fsp3) is 0.688. The Hall–Kier alpha value is -1.30. The van der Waals surface area contributed by atoms with E-state index in [0.29, 0.717) is 0 Å². The lowest BCUT2D eigenvalue weighted by Crippen LogP contribution is -2.36. The molecule has 0 amide bonds. The second kappa shape index (κ2) is 5.50. The molecular formula is C32H36. The molecule has 2 aromatic rings. The maximum atomic E-state index is 2.00. The van der Waals surface area contributed by atoms with Crippen LogP contribution in [0.25, 0.3) is 10.8 Å². The first-order valence-corrected chi connectivity index (χ1v) is 14.6. The van der Waals surface area contributed by atoms with Crippen LogP contribution in [0.3, 0.4) is 0 Å². The summed E-state index contributed by atoms with van der Waals surface area (Å²) in [7, 11) is 0. The number of hydrogen-bond donors (Lipinski definition) is 0. The van der Waals surface area contributed by atoms with Crippen molar-refractivity contribution in [2.24, 2.45) is 0 Å². The summed E-state index contributed by atoms with van der Waals surface area (Å²) in [6.07, 6.45) is 21.2. The monoisotopic (exact) mass is 420 g/mol. The van der Waals surface area contributed by atoms with Gasteiger partial charge in [0, 0.05) is 0 Å². The number of rotatable bonds is 0. The predicted octanol–water partition coefficient (Wildman–Crippen LogP) is 9.08. The fourth-order valence-corrected chi connectivity index (χ4v) is 11.8. The quantitative estimate of drug-likeness (QED) is 0.398. The largest absolute Gasteiger partial charge is 0.0458 e. The van der Waals surface area contributed by atoms with E-state index in [-0.39, 0.29) is 0 Å². The summed E-state index contributed by atoms with van der Waals surface area (Å²) < 4.78 is 0. The molecule has 10 rings (SSSR count). The Morgan fingerprint density at radius 3 is 0.719 bits per heavy atom. The number of hydrogen-bond acceptors (Lipinski definition) is 0. The molecule has 0 fully saturated rings. The van der Waals surface area contributed by atoms with E-state index in [9.17, 15) is 0 Å². The molecule has 8 aliphatic rings. The molecule has 0 aliphatic heterocycles. The number of benzene rings is 2. The van der Waals surface area contributed by atoms with E-state index in [1.807, 2.05) is 55.3 Å². The highest BCUT2D eigenvalue weighted by Gasteiger charge is 2.51. The van der Waals surface area contributed by atoms with Crippen LogP contribution in [-0.2, 0) is 0 Å². The van der Waals surface area contributed by atoms with E-state index < -0.39 is 0 Å². The summed E-state index contributed by atoms with van der Waals surface area (Å²) in [6.45, 7) is 0. The Balaban J connectivity index is 1.49. The van der Waals surface area contributed by atoms with E-state index in [2.05, 4.69) is 0 Å². The highest BCUT2D eigenvalue weighted by molar-refractivity contribution is 6.02. The summed E-state index contributed by atoms with van der Waals surface area (Å²) in [6, 6.07) is 0. The van der Waals surface area contributed by atoms with E-state index >= 15 is 0 Å². The molecule has 0 saturated carbocycles. The molecule has 0 radical (unpaired) electrons. The van der Waals surface area contributed by atoms with Crippen molar-refractivity contribution in [1.29, 1.82) is 0 Å². The molecule has 0 heterocycles. The molecule has 0 N–H and O–H groups in total. The van der Waals surface area contributed by atoms with Gasteiger partial charge in [0.1, 0.15) is 0 Å². The lowest BCUT2D eigenvalue weighted by molar-refractivity contribution is 0.307. The van der Waals surface area contributed by atoms with Crippen LogP contribution in [0.4, 0.5) is 0 Å². The molecule has 32 heavy (non-hydrogen) atoms. The van der Waals surface area contributed by atoms with Gasteiger partial charge in [-0.2, -0.15) is 0 Å². The van der Waals surface area contributed by atoms with E-state index in [4.69, 9.17) is 0 Å². The molecule has 2 aromatic carbocycles. The van der Waals surface area contributed by atoms with Gasteiger partial charge in [-0.1, -0.05) is 0 Å².